The zero-order chi connectivity index (χ0) is 16.8. The zero-order valence-corrected chi connectivity index (χ0v) is 13.1. The lowest BCUT2D eigenvalue weighted by molar-refractivity contribution is -0.114. The number of ether oxygens (including phenoxy) is 1. The minimum Gasteiger partial charge on any atom is -0.497 e. The Labute approximate surface area is 134 Å². The molecular formula is C17H19N3O3. The minimum absolute atomic E-state index is 0.0697. The first-order chi connectivity index (χ1) is 11.0. The van der Waals surface area contributed by atoms with Gasteiger partial charge in [-0.05, 0) is 36.8 Å². The molecule has 2 rings (SSSR count). The fourth-order valence-electron chi connectivity index (χ4n) is 2.18. The summed E-state index contributed by atoms with van der Waals surface area (Å²) in [5.74, 6) is -0.0325. The largest absolute Gasteiger partial charge is 0.497 e. The highest BCUT2D eigenvalue weighted by molar-refractivity contribution is 5.97. The third kappa shape index (κ3) is 4.23. The number of hydrogen-bond donors (Lipinski definition) is 3. The van der Waals surface area contributed by atoms with E-state index in [1.54, 1.807) is 56.5 Å². The zero-order valence-electron chi connectivity index (χ0n) is 13.1. The number of hydrogen-bond acceptors (Lipinski definition) is 4. The van der Waals surface area contributed by atoms with Gasteiger partial charge in [0.1, 0.15) is 5.75 Å². The van der Waals surface area contributed by atoms with Crippen LogP contribution in [0.25, 0.3) is 0 Å². The SMILES string of the molecule is COc1cccc(NC(=O)CNc2cccc(C(N)=O)c2C)c1. The minimum atomic E-state index is -0.494. The fraction of sp³-hybridized carbons (Fsp3) is 0.176. The average molecular weight is 313 g/mol. The van der Waals surface area contributed by atoms with Crippen LogP contribution in [0.5, 0.6) is 5.75 Å². The number of benzene rings is 2. The highest BCUT2D eigenvalue weighted by atomic mass is 16.5. The summed E-state index contributed by atoms with van der Waals surface area (Å²) in [5, 5.41) is 5.78. The molecule has 2 amide bonds. The van der Waals surface area contributed by atoms with Gasteiger partial charge in [-0.25, -0.2) is 0 Å². The predicted octanol–water partition coefficient (Wildman–Crippen LogP) is 2.15. The van der Waals surface area contributed by atoms with E-state index < -0.39 is 5.91 Å². The van der Waals surface area contributed by atoms with Gasteiger partial charge in [-0.15, -0.1) is 0 Å². The molecular weight excluding hydrogens is 294 g/mol. The Balaban J connectivity index is 1.99. The molecule has 2 aromatic carbocycles. The van der Waals surface area contributed by atoms with E-state index in [2.05, 4.69) is 10.6 Å². The van der Waals surface area contributed by atoms with Gasteiger partial charge in [0.15, 0.2) is 0 Å². The van der Waals surface area contributed by atoms with Gasteiger partial charge >= 0.3 is 0 Å². The number of anilines is 2. The Morgan fingerprint density at radius 2 is 1.91 bits per heavy atom. The maximum atomic E-state index is 12.0. The summed E-state index contributed by atoms with van der Waals surface area (Å²) in [6.07, 6.45) is 0. The fourth-order valence-corrected chi connectivity index (χ4v) is 2.18. The van der Waals surface area contributed by atoms with Crippen molar-refractivity contribution in [1.82, 2.24) is 0 Å². The molecule has 0 aliphatic carbocycles. The molecule has 0 atom stereocenters. The number of nitrogens with one attached hydrogen (secondary N) is 2. The summed E-state index contributed by atoms with van der Waals surface area (Å²) in [7, 11) is 1.57. The highest BCUT2D eigenvalue weighted by Gasteiger charge is 2.09. The Morgan fingerprint density at radius 3 is 2.61 bits per heavy atom. The van der Waals surface area contributed by atoms with Gasteiger partial charge in [0.05, 0.1) is 13.7 Å². The number of nitrogens with two attached hydrogens (primary N) is 1. The molecule has 0 aliphatic rings. The molecule has 0 spiro atoms. The van der Waals surface area contributed by atoms with Gasteiger partial charge in [0.25, 0.3) is 0 Å². The molecule has 0 radical (unpaired) electrons. The van der Waals surface area contributed by atoms with Crippen LogP contribution in [0.15, 0.2) is 42.5 Å². The molecule has 120 valence electrons. The number of rotatable bonds is 6. The average Bonchev–Trinajstić information content (AvgIpc) is 2.53. The van der Waals surface area contributed by atoms with Crippen LogP contribution in [0, 0.1) is 6.92 Å². The molecule has 23 heavy (non-hydrogen) atoms. The van der Waals surface area contributed by atoms with Crippen LogP contribution < -0.4 is 21.1 Å². The Bertz CT molecular complexity index is 729. The van der Waals surface area contributed by atoms with E-state index in [4.69, 9.17) is 10.5 Å². The lowest BCUT2D eigenvalue weighted by atomic mass is 10.1. The van der Waals surface area contributed by atoms with E-state index in [0.717, 1.165) is 0 Å². The summed E-state index contributed by atoms with van der Waals surface area (Å²) in [4.78, 5) is 23.3. The Hall–Kier alpha value is -3.02. The summed E-state index contributed by atoms with van der Waals surface area (Å²) in [6.45, 7) is 1.85. The van der Waals surface area contributed by atoms with Gasteiger partial charge in [0, 0.05) is 23.0 Å². The number of methoxy groups -OCH3 is 1. The van der Waals surface area contributed by atoms with Crippen molar-refractivity contribution in [3.8, 4) is 5.75 Å². The smallest absolute Gasteiger partial charge is 0.249 e. The third-order valence-electron chi connectivity index (χ3n) is 3.39. The summed E-state index contributed by atoms with van der Waals surface area (Å²) >= 11 is 0. The van der Waals surface area contributed by atoms with Crippen molar-refractivity contribution in [3.63, 3.8) is 0 Å². The molecule has 0 unspecified atom stereocenters. The molecule has 0 bridgehead atoms. The molecule has 0 aliphatic heterocycles. The molecule has 0 saturated carbocycles. The van der Waals surface area contributed by atoms with Crippen LogP contribution in [0.3, 0.4) is 0 Å². The summed E-state index contributed by atoms with van der Waals surface area (Å²) < 4.78 is 5.11. The second-order valence-electron chi connectivity index (χ2n) is 4.98. The van der Waals surface area contributed by atoms with Crippen molar-refractivity contribution in [1.29, 1.82) is 0 Å². The highest BCUT2D eigenvalue weighted by Crippen LogP contribution is 2.19. The number of amides is 2. The van der Waals surface area contributed by atoms with Crippen LogP contribution in [-0.4, -0.2) is 25.5 Å². The maximum Gasteiger partial charge on any atom is 0.249 e. The third-order valence-corrected chi connectivity index (χ3v) is 3.39. The van der Waals surface area contributed by atoms with E-state index in [9.17, 15) is 9.59 Å². The van der Waals surface area contributed by atoms with Gasteiger partial charge < -0.3 is 21.1 Å². The molecule has 4 N–H and O–H groups in total. The molecule has 6 heteroatoms. The van der Waals surface area contributed by atoms with Gasteiger partial charge in [-0.3, -0.25) is 9.59 Å². The van der Waals surface area contributed by atoms with Gasteiger partial charge in [-0.1, -0.05) is 12.1 Å². The van der Waals surface area contributed by atoms with E-state index >= 15 is 0 Å². The topological polar surface area (TPSA) is 93.4 Å². The van der Waals surface area contributed by atoms with Crippen molar-refractivity contribution in [2.45, 2.75) is 6.92 Å². The standard InChI is InChI=1S/C17H19N3O3/c1-11-14(17(18)22)7-4-8-15(11)19-10-16(21)20-12-5-3-6-13(9-12)23-2/h3-9,19H,10H2,1-2H3,(H2,18,22)(H,20,21). The van der Waals surface area contributed by atoms with Crippen LogP contribution in [0.1, 0.15) is 15.9 Å². The van der Waals surface area contributed by atoms with Crippen LogP contribution >= 0.6 is 0 Å². The molecule has 0 heterocycles. The van der Waals surface area contributed by atoms with Crippen molar-refractivity contribution in [2.75, 3.05) is 24.3 Å². The van der Waals surface area contributed by atoms with Crippen molar-refractivity contribution >= 4 is 23.2 Å². The molecule has 6 nitrogen and oxygen atoms in total. The number of primary amides is 1. The van der Waals surface area contributed by atoms with E-state index in [0.29, 0.717) is 28.3 Å². The summed E-state index contributed by atoms with van der Waals surface area (Å²) in [6, 6.07) is 12.3. The maximum absolute atomic E-state index is 12.0. The van der Waals surface area contributed by atoms with E-state index in [1.165, 1.54) is 0 Å². The number of carbonyl (C=O) groups excluding carboxylic acids is 2. The quantitative estimate of drug-likeness (QED) is 0.762. The van der Waals surface area contributed by atoms with Crippen molar-refractivity contribution in [3.05, 3.63) is 53.6 Å². The normalized spacial score (nSPS) is 10.0. The molecule has 0 fully saturated rings. The molecule has 2 aromatic rings. The lowest BCUT2D eigenvalue weighted by Crippen LogP contribution is -2.22. The van der Waals surface area contributed by atoms with Crippen LogP contribution in [-0.2, 0) is 4.79 Å². The molecule has 0 saturated heterocycles. The number of carbonyl (C=O) groups is 2. The first kappa shape index (κ1) is 16.4. The van der Waals surface area contributed by atoms with E-state index in [1.807, 2.05) is 0 Å². The van der Waals surface area contributed by atoms with Crippen molar-refractivity contribution in [2.24, 2.45) is 5.73 Å². The first-order valence-corrected chi connectivity index (χ1v) is 7.08. The second kappa shape index (κ2) is 7.31. The summed E-state index contributed by atoms with van der Waals surface area (Å²) in [5.41, 5.74) is 7.81. The van der Waals surface area contributed by atoms with Gasteiger partial charge in [-0.2, -0.15) is 0 Å². The van der Waals surface area contributed by atoms with Gasteiger partial charge in [0.2, 0.25) is 11.8 Å². The van der Waals surface area contributed by atoms with Crippen molar-refractivity contribution < 1.29 is 14.3 Å². The monoisotopic (exact) mass is 313 g/mol. The lowest BCUT2D eigenvalue weighted by Gasteiger charge is -2.12. The predicted molar refractivity (Wildman–Crippen MR) is 89.8 cm³/mol. The van der Waals surface area contributed by atoms with Crippen LogP contribution in [0.4, 0.5) is 11.4 Å². The first-order valence-electron chi connectivity index (χ1n) is 7.08. The van der Waals surface area contributed by atoms with E-state index in [-0.39, 0.29) is 12.5 Å². The Kier molecular flexibility index (Phi) is 5.19. The second-order valence-corrected chi connectivity index (χ2v) is 4.98. The Morgan fingerprint density at radius 1 is 1.17 bits per heavy atom. The molecule has 0 aromatic heterocycles. The van der Waals surface area contributed by atoms with Crippen LogP contribution in [0.2, 0.25) is 0 Å².